The summed E-state index contributed by atoms with van der Waals surface area (Å²) in [5, 5.41) is 28.6. The average Bonchev–Trinajstić information content (AvgIpc) is 3.46. The van der Waals surface area contributed by atoms with Crippen LogP contribution in [0.3, 0.4) is 0 Å². The zero-order chi connectivity index (χ0) is 29.4. The van der Waals surface area contributed by atoms with Gasteiger partial charge in [-0.15, -0.1) is 0 Å². The lowest BCUT2D eigenvalue weighted by molar-refractivity contribution is 0.190. The quantitative estimate of drug-likeness (QED) is 0.281. The van der Waals surface area contributed by atoms with Gasteiger partial charge in [0.15, 0.2) is 0 Å². The second-order valence-electron chi connectivity index (χ2n) is 11.6. The van der Waals surface area contributed by atoms with E-state index in [4.69, 9.17) is 9.72 Å². The third-order valence-corrected chi connectivity index (χ3v) is 8.66. The standard InChI is InChI=1S/C32H33N9O2/c1-43-30-5-2-23(14-35-30)18-38-8-10-39(11-9-38)29-4-3-24(15-34-29)28-12-25(20-41-31(28)26(13-33)16-37-41)27-17-36-40(19-27)21-32(22-42)6-7-32/h2-5,12,14-17,19-20,42H,6-11,18,21-22H2,1H3. The van der Waals surface area contributed by atoms with Crippen LogP contribution < -0.4 is 9.64 Å². The van der Waals surface area contributed by atoms with E-state index in [9.17, 15) is 10.4 Å². The summed E-state index contributed by atoms with van der Waals surface area (Å²) < 4.78 is 8.85. The average molecular weight is 576 g/mol. The van der Waals surface area contributed by atoms with E-state index in [0.717, 1.165) is 79.2 Å². The van der Waals surface area contributed by atoms with Crippen LogP contribution in [0.4, 0.5) is 5.82 Å². The van der Waals surface area contributed by atoms with Gasteiger partial charge in [0.2, 0.25) is 5.88 Å². The van der Waals surface area contributed by atoms with E-state index in [1.165, 1.54) is 5.56 Å². The summed E-state index contributed by atoms with van der Waals surface area (Å²) >= 11 is 0. The summed E-state index contributed by atoms with van der Waals surface area (Å²) in [5.74, 6) is 1.57. The minimum atomic E-state index is -0.0316. The Balaban J connectivity index is 1.09. The molecule has 2 aliphatic rings. The summed E-state index contributed by atoms with van der Waals surface area (Å²) in [6.07, 6.45) is 13.2. The third-order valence-electron chi connectivity index (χ3n) is 8.66. The van der Waals surface area contributed by atoms with Crippen LogP contribution in [0.5, 0.6) is 5.88 Å². The predicted octanol–water partition coefficient (Wildman–Crippen LogP) is 3.63. The van der Waals surface area contributed by atoms with Crippen molar-refractivity contribution in [3.8, 4) is 34.2 Å². The number of pyridine rings is 3. The van der Waals surface area contributed by atoms with Crippen molar-refractivity contribution in [3.05, 3.63) is 78.6 Å². The molecule has 11 nitrogen and oxygen atoms in total. The first-order chi connectivity index (χ1) is 21.1. The van der Waals surface area contributed by atoms with Crippen LogP contribution in [0.1, 0.15) is 24.0 Å². The number of piperazine rings is 1. The van der Waals surface area contributed by atoms with Gasteiger partial charge >= 0.3 is 0 Å². The number of aliphatic hydroxyl groups excluding tert-OH is 1. The molecule has 0 aromatic carbocycles. The number of aromatic nitrogens is 6. The summed E-state index contributed by atoms with van der Waals surface area (Å²) in [4.78, 5) is 13.9. The van der Waals surface area contributed by atoms with Crippen LogP contribution in [0, 0.1) is 16.7 Å². The summed E-state index contributed by atoms with van der Waals surface area (Å²) in [7, 11) is 1.63. The number of hydrogen-bond donors (Lipinski definition) is 1. The number of fused-ring (bicyclic) bond motifs is 1. The summed E-state index contributed by atoms with van der Waals surface area (Å²) in [6.45, 7) is 5.40. The Morgan fingerprint density at radius 2 is 1.79 bits per heavy atom. The first-order valence-corrected chi connectivity index (χ1v) is 14.5. The predicted molar refractivity (Wildman–Crippen MR) is 161 cm³/mol. The molecule has 0 atom stereocenters. The van der Waals surface area contributed by atoms with Crippen molar-refractivity contribution in [1.29, 1.82) is 5.26 Å². The first kappa shape index (κ1) is 27.1. The van der Waals surface area contributed by atoms with Gasteiger partial charge in [0.05, 0.1) is 37.2 Å². The molecule has 1 N–H and O–H groups in total. The van der Waals surface area contributed by atoms with Crippen LogP contribution in [0.2, 0.25) is 0 Å². The molecule has 1 aliphatic carbocycles. The maximum Gasteiger partial charge on any atom is 0.212 e. The lowest BCUT2D eigenvalue weighted by Gasteiger charge is -2.35. The molecule has 0 spiro atoms. The monoisotopic (exact) mass is 575 g/mol. The fraction of sp³-hybridized carbons (Fsp3) is 0.344. The van der Waals surface area contributed by atoms with Crippen LogP contribution in [0.25, 0.3) is 27.8 Å². The van der Waals surface area contributed by atoms with Crippen LogP contribution in [-0.4, -0.2) is 79.3 Å². The Hall–Kier alpha value is -4.79. The second kappa shape index (κ2) is 11.1. The van der Waals surface area contributed by atoms with Gasteiger partial charge in [0.1, 0.15) is 11.9 Å². The molecule has 5 aromatic heterocycles. The van der Waals surface area contributed by atoms with Gasteiger partial charge in [-0.3, -0.25) is 9.58 Å². The lowest BCUT2D eigenvalue weighted by Crippen LogP contribution is -2.46. The van der Waals surface area contributed by atoms with Crippen LogP contribution in [-0.2, 0) is 13.1 Å². The number of ether oxygens (including phenoxy) is 1. The van der Waals surface area contributed by atoms with Crippen LogP contribution >= 0.6 is 0 Å². The molecule has 0 unspecified atom stereocenters. The van der Waals surface area contributed by atoms with Gasteiger partial charge in [0, 0.05) is 97.8 Å². The van der Waals surface area contributed by atoms with Crippen molar-refractivity contribution in [2.45, 2.75) is 25.9 Å². The van der Waals surface area contributed by atoms with Gasteiger partial charge < -0.3 is 14.7 Å². The van der Waals surface area contributed by atoms with Crippen molar-refractivity contribution in [3.63, 3.8) is 0 Å². The molecule has 1 saturated carbocycles. The third kappa shape index (κ3) is 5.43. The number of anilines is 1. The van der Waals surface area contributed by atoms with Gasteiger partial charge in [-0.2, -0.15) is 15.5 Å². The number of rotatable bonds is 9. The smallest absolute Gasteiger partial charge is 0.212 e. The van der Waals surface area contributed by atoms with E-state index in [1.54, 1.807) is 17.8 Å². The van der Waals surface area contributed by atoms with Gasteiger partial charge in [0.25, 0.3) is 0 Å². The Labute approximate surface area is 249 Å². The SMILES string of the molecule is COc1ccc(CN2CCN(c3ccc(-c4cc(-c5cnn(CC6(CO)CC6)c5)cn5ncc(C#N)c45)cn3)CC2)cn1. The molecule has 43 heavy (non-hydrogen) atoms. The highest BCUT2D eigenvalue weighted by molar-refractivity contribution is 5.87. The van der Waals surface area contributed by atoms with E-state index in [-0.39, 0.29) is 12.0 Å². The van der Waals surface area contributed by atoms with Crippen LogP contribution in [0.15, 0.2) is 67.5 Å². The second-order valence-corrected chi connectivity index (χ2v) is 11.6. The molecule has 1 saturated heterocycles. The summed E-state index contributed by atoms with van der Waals surface area (Å²) in [6, 6.07) is 12.5. The Morgan fingerprint density at radius 3 is 2.47 bits per heavy atom. The van der Waals surface area contributed by atoms with Crippen molar-refractivity contribution in [1.82, 2.24) is 34.3 Å². The maximum atomic E-state index is 9.80. The van der Waals surface area contributed by atoms with Crippen molar-refractivity contribution in [2.75, 3.05) is 44.8 Å². The normalized spacial score (nSPS) is 16.3. The van der Waals surface area contributed by atoms with E-state index < -0.39 is 0 Å². The number of nitriles is 1. The fourth-order valence-corrected chi connectivity index (χ4v) is 5.82. The molecule has 5 aromatic rings. The van der Waals surface area contributed by atoms with Gasteiger partial charge in [-0.1, -0.05) is 6.07 Å². The minimum Gasteiger partial charge on any atom is -0.481 e. The van der Waals surface area contributed by atoms with Gasteiger partial charge in [-0.05, 0) is 36.6 Å². The molecule has 218 valence electrons. The molecule has 11 heteroatoms. The highest BCUT2D eigenvalue weighted by atomic mass is 16.5. The summed E-state index contributed by atoms with van der Waals surface area (Å²) in [5.41, 5.74) is 6.13. The highest BCUT2D eigenvalue weighted by Crippen LogP contribution is 2.46. The molecule has 0 amide bonds. The van der Waals surface area contributed by atoms with E-state index in [2.05, 4.69) is 55.3 Å². The molecule has 6 heterocycles. The zero-order valence-corrected chi connectivity index (χ0v) is 24.1. The van der Waals surface area contributed by atoms with E-state index in [0.29, 0.717) is 18.0 Å². The lowest BCUT2D eigenvalue weighted by atomic mass is 10.0. The molecule has 0 radical (unpaired) electrons. The van der Waals surface area contributed by atoms with E-state index >= 15 is 0 Å². The van der Waals surface area contributed by atoms with E-state index in [1.807, 2.05) is 41.7 Å². The largest absolute Gasteiger partial charge is 0.481 e. The zero-order valence-electron chi connectivity index (χ0n) is 24.1. The number of nitrogens with zero attached hydrogens (tertiary/aromatic N) is 9. The molecule has 1 aliphatic heterocycles. The molecule has 0 bridgehead atoms. The molecule has 2 fully saturated rings. The topological polar surface area (TPSA) is 121 Å². The Bertz CT molecular complexity index is 1770. The minimum absolute atomic E-state index is 0.0316. The molecular weight excluding hydrogens is 542 g/mol. The molecule has 7 rings (SSSR count). The van der Waals surface area contributed by atoms with Gasteiger partial charge in [-0.25, -0.2) is 14.5 Å². The van der Waals surface area contributed by atoms with Crippen molar-refractivity contribution in [2.24, 2.45) is 5.41 Å². The Kier molecular flexibility index (Phi) is 7.01. The fourth-order valence-electron chi connectivity index (χ4n) is 5.82. The first-order valence-electron chi connectivity index (χ1n) is 14.5. The number of aliphatic hydroxyl groups is 1. The van der Waals surface area contributed by atoms with Crippen molar-refractivity contribution >= 4 is 11.3 Å². The van der Waals surface area contributed by atoms with Crippen molar-refractivity contribution < 1.29 is 9.84 Å². The number of methoxy groups -OCH3 is 1. The number of hydrogen-bond acceptors (Lipinski definition) is 9. The molecular formula is C32H33N9O2. The highest BCUT2D eigenvalue weighted by Gasteiger charge is 2.42. The Morgan fingerprint density at radius 1 is 0.930 bits per heavy atom. The maximum absolute atomic E-state index is 9.80.